The molecule has 0 radical (unpaired) electrons. The molecule has 1 N–H and O–H groups in total. The zero-order chi connectivity index (χ0) is 13.7. The highest BCUT2D eigenvalue weighted by atomic mass is 35.5. The zero-order valence-corrected chi connectivity index (χ0v) is 12.4. The molecule has 0 saturated carbocycles. The summed E-state index contributed by atoms with van der Waals surface area (Å²) in [4.78, 5) is 4.65. The Morgan fingerprint density at radius 1 is 1.05 bits per heavy atom. The minimum Gasteiger partial charge on any atom is -0.395 e. The number of rotatable bonds is 5. The van der Waals surface area contributed by atoms with Crippen molar-refractivity contribution in [2.45, 2.75) is 5.38 Å². The van der Waals surface area contributed by atoms with Crippen molar-refractivity contribution >= 4 is 23.2 Å². The highest BCUT2D eigenvalue weighted by Crippen LogP contribution is 2.23. The van der Waals surface area contributed by atoms with Crippen molar-refractivity contribution in [1.82, 2.24) is 9.80 Å². The van der Waals surface area contributed by atoms with Gasteiger partial charge < -0.3 is 5.11 Å². The Balaban J connectivity index is 1.80. The van der Waals surface area contributed by atoms with E-state index in [1.54, 1.807) is 0 Å². The van der Waals surface area contributed by atoms with Gasteiger partial charge in [0.1, 0.15) is 0 Å². The monoisotopic (exact) mass is 302 g/mol. The van der Waals surface area contributed by atoms with Crippen molar-refractivity contribution in [3.8, 4) is 0 Å². The van der Waals surface area contributed by atoms with Crippen LogP contribution in [-0.2, 0) is 0 Å². The number of β-amino-alcohol motifs (C(OH)–C–C–N with tert-alkyl or cyclic N) is 1. The molecule has 0 amide bonds. The van der Waals surface area contributed by atoms with E-state index in [1.807, 2.05) is 24.3 Å². The first kappa shape index (κ1) is 15.1. The second kappa shape index (κ2) is 7.46. The number of halogens is 2. The van der Waals surface area contributed by atoms with Crippen molar-refractivity contribution in [2.24, 2.45) is 0 Å². The fraction of sp³-hybridized carbons (Fsp3) is 0.571. The van der Waals surface area contributed by atoms with E-state index in [9.17, 15) is 0 Å². The third-order valence-corrected chi connectivity index (χ3v) is 4.17. The van der Waals surface area contributed by atoms with Crippen LogP contribution in [0.15, 0.2) is 24.3 Å². The molecule has 2 rings (SSSR count). The molecule has 1 heterocycles. The smallest absolute Gasteiger partial charge is 0.0712 e. The predicted molar refractivity (Wildman–Crippen MR) is 80.0 cm³/mol. The molecule has 1 atom stereocenters. The summed E-state index contributed by atoms with van der Waals surface area (Å²) in [6.07, 6.45) is 0. The Kier molecular flexibility index (Phi) is 5.92. The van der Waals surface area contributed by atoms with E-state index in [4.69, 9.17) is 28.3 Å². The second-order valence-electron chi connectivity index (χ2n) is 4.88. The van der Waals surface area contributed by atoms with Crippen molar-refractivity contribution in [2.75, 3.05) is 45.9 Å². The van der Waals surface area contributed by atoms with Gasteiger partial charge in [-0.3, -0.25) is 9.80 Å². The predicted octanol–water partition coefficient (Wildman–Crippen LogP) is 2.23. The summed E-state index contributed by atoms with van der Waals surface area (Å²) < 4.78 is 0. The standard InChI is InChI=1S/C14H20Cl2N2O/c15-13-3-1-12(2-4-13)14(16)11-18-7-5-17(6-8-18)9-10-19/h1-4,14,19H,5-11H2. The molecule has 0 aliphatic carbocycles. The van der Waals surface area contributed by atoms with Crippen LogP contribution < -0.4 is 0 Å². The van der Waals surface area contributed by atoms with Gasteiger partial charge in [-0.15, -0.1) is 11.6 Å². The number of hydrogen-bond acceptors (Lipinski definition) is 3. The maximum Gasteiger partial charge on any atom is 0.0712 e. The average Bonchev–Trinajstić information content (AvgIpc) is 2.42. The Hall–Kier alpha value is -0.320. The topological polar surface area (TPSA) is 26.7 Å². The SMILES string of the molecule is OCCN1CCN(CC(Cl)c2ccc(Cl)cc2)CC1. The lowest BCUT2D eigenvalue weighted by atomic mass is 10.1. The van der Waals surface area contributed by atoms with Gasteiger partial charge in [0.2, 0.25) is 0 Å². The van der Waals surface area contributed by atoms with Crippen LogP contribution in [0, 0.1) is 0 Å². The van der Waals surface area contributed by atoms with Gasteiger partial charge in [-0.2, -0.15) is 0 Å². The van der Waals surface area contributed by atoms with Crippen molar-refractivity contribution in [3.63, 3.8) is 0 Å². The van der Waals surface area contributed by atoms with Crippen LogP contribution in [-0.4, -0.2) is 60.8 Å². The molecule has 1 aliphatic heterocycles. The van der Waals surface area contributed by atoms with E-state index in [0.717, 1.165) is 49.9 Å². The summed E-state index contributed by atoms with van der Waals surface area (Å²) in [5.74, 6) is 0. The quantitative estimate of drug-likeness (QED) is 0.845. The first-order valence-corrected chi connectivity index (χ1v) is 7.45. The first-order valence-electron chi connectivity index (χ1n) is 6.64. The summed E-state index contributed by atoms with van der Waals surface area (Å²) in [7, 11) is 0. The van der Waals surface area contributed by atoms with Crippen LogP contribution in [0.2, 0.25) is 5.02 Å². The van der Waals surface area contributed by atoms with Crippen LogP contribution in [0.3, 0.4) is 0 Å². The van der Waals surface area contributed by atoms with Gasteiger partial charge in [0.05, 0.1) is 12.0 Å². The summed E-state index contributed by atoms with van der Waals surface area (Å²) in [5.41, 5.74) is 1.11. The highest BCUT2D eigenvalue weighted by molar-refractivity contribution is 6.30. The largest absolute Gasteiger partial charge is 0.395 e. The lowest BCUT2D eigenvalue weighted by Gasteiger charge is -2.35. The molecule has 19 heavy (non-hydrogen) atoms. The van der Waals surface area contributed by atoms with E-state index >= 15 is 0 Å². The van der Waals surface area contributed by atoms with Crippen molar-refractivity contribution < 1.29 is 5.11 Å². The molecule has 1 aliphatic rings. The molecule has 1 fully saturated rings. The van der Waals surface area contributed by atoms with Crippen LogP contribution >= 0.6 is 23.2 Å². The number of benzene rings is 1. The van der Waals surface area contributed by atoms with Gasteiger partial charge in [0.15, 0.2) is 0 Å². The Labute approximate surface area is 124 Å². The first-order chi connectivity index (χ1) is 9.19. The van der Waals surface area contributed by atoms with Crippen LogP contribution in [0.1, 0.15) is 10.9 Å². The van der Waals surface area contributed by atoms with Crippen LogP contribution in [0.4, 0.5) is 0 Å². The number of aliphatic hydroxyl groups excluding tert-OH is 1. The van der Waals surface area contributed by atoms with E-state index in [1.165, 1.54) is 0 Å². The third-order valence-electron chi connectivity index (χ3n) is 3.53. The number of alkyl halides is 1. The molecule has 0 spiro atoms. The Morgan fingerprint density at radius 2 is 1.63 bits per heavy atom. The van der Waals surface area contributed by atoms with Crippen molar-refractivity contribution in [3.05, 3.63) is 34.9 Å². The normalized spacial score (nSPS) is 19.5. The van der Waals surface area contributed by atoms with Gasteiger partial charge in [0.25, 0.3) is 0 Å². The maximum absolute atomic E-state index is 8.91. The number of aliphatic hydroxyl groups is 1. The molecule has 3 nitrogen and oxygen atoms in total. The molecule has 1 saturated heterocycles. The van der Waals surface area contributed by atoms with Crippen LogP contribution in [0.5, 0.6) is 0 Å². The molecular weight excluding hydrogens is 283 g/mol. The fourth-order valence-electron chi connectivity index (χ4n) is 2.34. The maximum atomic E-state index is 8.91. The lowest BCUT2D eigenvalue weighted by Crippen LogP contribution is -2.47. The molecule has 5 heteroatoms. The number of nitrogens with zero attached hydrogens (tertiary/aromatic N) is 2. The summed E-state index contributed by atoms with van der Waals surface area (Å²) in [6, 6.07) is 7.74. The minimum atomic E-state index is 0.00154. The van der Waals surface area contributed by atoms with E-state index in [0.29, 0.717) is 0 Å². The molecular formula is C14H20Cl2N2O. The highest BCUT2D eigenvalue weighted by Gasteiger charge is 2.19. The minimum absolute atomic E-state index is 0.00154. The van der Waals surface area contributed by atoms with E-state index in [-0.39, 0.29) is 12.0 Å². The fourth-order valence-corrected chi connectivity index (χ4v) is 2.81. The second-order valence-corrected chi connectivity index (χ2v) is 5.85. The molecule has 1 unspecified atom stereocenters. The molecule has 0 aromatic heterocycles. The molecule has 1 aromatic carbocycles. The van der Waals surface area contributed by atoms with Gasteiger partial charge in [-0.05, 0) is 17.7 Å². The molecule has 0 bridgehead atoms. The van der Waals surface area contributed by atoms with E-state index in [2.05, 4.69) is 9.80 Å². The average molecular weight is 303 g/mol. The summed E-state index contributed by atoms with van der Waals surface area (Å²) in [6.45, 7) is 5.90. The van der Waals surface area contributed by atoms with Crippen molar-refractivity contribution in [1.29, 1.82) is 0 Å². The third kappa shape index (κ3) is 4.62. The van der Waals surface area contributed by atoms with E-state index < -0.39 is 0 Å². The van der Waals surface area contributed by atoms with Gasteiger partial charge in [-0.25, -0.2) is 0 Å². The molecule has 106 valence electrons. The van der Waals surface area contributed by atoms with Gasteiger partial charge in [0, 0.05) is 44.3 Å². The van der Waals surface area contributed by atoms with Gasteiger partial charge in [-0.1, -0.05) is 23.7 Å². The summed E-state index contributed by atoms with van der Waals surface area (Å²) >= 11 is 12.3. The number of piperazine rings is 1. The lowest BCUT2D eigenvalue weighted by molar-refractivity contribution is 0.112. The van der Waals surface area contributed by atoms with Gasteiger partial charge >= 0.3 is 0 Å². The Bertz CT molecular complexity index is 378. The number of hydrogen-bond donors (Lipinski definition) is 1. The zero-order valence-electron chi connectivity index (χ0n) is 10.9. The summed E-state index contributed by atoms with van der Waals surface area (Å²) in [5, 5.41) is 9.66. The Morgan fingerprint density at radius 3 is 2.21 bits per heavy atom. The van der Waals surface area contributed by atoms with Crippen LogP contribution in [0.25, 0.3) is 0 Å². The molecule has 1 aromatic rings.